The molecule has 1 aliphatic heterocycles. The largest absolute Gasteiger partial charge is 0.485 e. The van der Waals surface area contributed by atoms with Crippen LogP contribution in [0.1, 0.15) is 38.2 Å². The maximum absolute atomic E-state index is 13.2. The summed E-state index contributed by atoms with van der Waals surface area (Å²) in [7, 11) is 0. The average molecular weight is 452 g/mol. The van der Waals surface area contributed by atoms with Gasteiger partial charge in [0, 0.05) is 49.3 Å². The van der Waals surface area contributed by atoms with Gasteiger partial charge in [-0.3, -0.25) is 4.79 Å². The highest BCUT2D eigenvalue weighted by molar-refractivity contribution is 5.98. The lowest BCUT2D eigenvalue weighted by Crippen LogP contribution is -2.49. The summed E-state index contributed by atoms with van der Waals surface area (Å²) in [5, 5.41) is 13.8. The van der Waals surface area contributed by atoms with Crippen LogP contribution in [0.2, 0.25) is 0 Å². The first-order chi connectivity index (χ1) is 15.8. The molecule has 0 aliphatic carbocycles. The minimum absolute atomic E-state index is 0.00874. The Morgan fingerprint density at radius 2 is 1.97 bits per heavy atom. The van der Waals surface area contributed by atoms with Crippen molar-refractivity contribution in [2.24, 2.45) is 0 Å². The number of amides is 1. The van der Waals surface area contributed by atoms with E-state index in [0.717, 1.165) is 35.5 Å². The number of hydrogen-bond acceptors (Lipinski definition) is 6. The Balaban J connectivity index is 1.44. The standard InChI is InChI=1S/C25H33N5O3/c1-17(2)27-21-6-5-9-26-23(21)29-10-12-30(13-11-29)24(32)22-15-18-14-19(7-8-20(18)28-22)33-25(3,4)16-31/h5-9,14-15,17,27-28,31H,10-13,16H2,1-4H3. The second kappa shape index (κ2) is 9.31. The number of carbonyl (C=O) groups excluding carboxylic acids is 1. The second-order valence-electron chi connectivity index (χ2n) is 9.40. The molecule has 0 unspecified atom stereocenters. The minimum atomic E-state index is -0.666. The van der Waals surface area contributed by atoms with Crippen LogP contribution >= 0.6 is 0 Å². The summed E-state index contributed by atoms with van der Waals surface area (Å²) < 4.78 is 5.86. The van der Waals surface area contributed by atoms with Gasteiger partial charge in [0.1, 0.15) is 17.0 Å². The van der Waals surface area contributed by atoms with Gasteiger partial charge in [0.15, 0.2) is 5.82 Å². The zero-order valence-corrected chi connectivity index (χ0v) is 19.8. The van der Waals surface area contributed by atoms with E-state index in [1.54, 1.807) is 0 Å². The van der Waals surface area contributed by atoms with Crippen LogP contribution in [-0.4, -0.2) is 70.3 Å². The normalized spacial score (nSPS) is 14.7. The molecule has 33 heavy (non-hydrogen) atoms. The third-order valence-corrected chi connectivity index (χ3v) is 5.69. The van der Waals surface area contributed by atoms with Crippen molar-refractivity contribution in [2.45, 2.75) is 39.3 Å². The van der Waals surface area contributed by atoms with Crippen LogP contribution in [0.15, 0.2) is 42.6 Å². The Morgan fingerprint density at radius 1 is 1.21 bits per heavy atom. The van der Waals surface area contributed by atoms with Crippen LogP contribution in [0, 0.1) is 0 Å². The van der Waals surface area contributed by atoms with Crippen molar-refractivity contribution in [3.05, 3.63) is 48.3 Å². The van der Waals surface area contributed by atoms with E-state index in [-0.39, 0.29) is 12.5 Å². The Kier molecular flexibility index (Phi) is 6.47. The molecule has 176 valence electrons. The van der Waals surface area contributed by atoms with E-state index in [2.05, 4.69) is 34.0 Å². The molecule has 1 amide bonds. The van der Waals surface area contributed by atoms with E-state index in [4.69, 9.17) is 4.74 Å². The van der Waals surface area contributed by atoms with Crippen LogP contribution in [0.5, 0.6) is 5.75 Å². The predicted molar refractivity (Wildman–Crippen MR) is 131 cm³/mol. The quantitative estimate of drug-likeness (QED) is 0.509. The first kappa shape index (κ1) is 22.9. The zero-order chi connectivity index (χ0) is 23.6. The summed E-state index contributed by atoms with van der Waals surface area (Å²) >= 11 is 0. The summed E-state index contributed by atoms with van der Waals surface area (Å²) in [5.41, 5.74) is 1.80. The first-order valence-electron chi connectivity index (χ1n) is 11.4. The third kappa shape index (κ3) is 5.22. The lowest BCUT2D eigenvalue weighted by Gasteiger charge is -2.36. The molecule has 1 aromatic carbocycles. The van der Waals surface area contributed by atoms with Crippen molar-refractivity contribution >= 4 is 28.3 Å². The number of carbonyl (C=O) groups is 1. The molecular formula is C25H33N5O3. The molecule has 0 saturated carbocycles. The SMILES string of the molecule is CC(C)Nc1cccnc1N1CCN(C(=O)c2cc3cc(OC(C)(C)CO)ccc3[nH]2)CC1. The van der Waals surface area contributed by atoms with Crippen LogP contribution in [0.25, 0.3) is 10.9 Å². The number of ether oxygens (including phenoxy) is 1. The first-order valence-corrected chi connectivity index (χ1v) is 11.4. The maximum Gasteiger partial charge on any atom is 0.270 e. The number of aromatic amines is 1. The highest BCUT2D eigenvalue weighted by Gasteiger charge is 2.25. The fraction of sp³-hybridized carbons (Fsp3) is 0.440. The van der Waals surface area contributed by atoms with Crippen molar-refractivity contribution in [3.63, 3.8) is 0 Å². The molecule has 3 aromatic rings. The molecule has 0 spiro atoms. The number of anilines is 2. The average Bonchev–Trinajstić information content (AvgIpc) is 3.22. The number of benzene rings is 1. The van der Waals surface area contributed by atoms with Gasteiger partial charge >= 0.3 is 0 Å². The van der Waals surface area contributed by atoms with E-state index in [1.165, 1.54) is 0 Å². The summed E-state index contributed by atoms with van der Waals surface area (Å²) in [6, 6.07) is 11.8. The molecule has 0 bridgehead atoms. The number of nitrogens with one attached hydrogen (secondary N) is 2. The maximum atomic E-state index is 13.2. The summed E-state index contributed by atoms with van der Waals surface area (Å²) in [4.78, 5) is 25.1. The highest BCUT2D eigenvalue weighted by atomic mass is 16.5. The number of nitrogens with zero attached hydrogens (tertiary/aromatic N) is 3. The van der Waals surface area contributed by atoms with Gasteiger partial charge < -0.3 is 29.9 Å². The number of aromatic nitrogens is 2. The van der Waals surface area contributed by atoms with Gasteiger partial charge in [-0.15, -0.1) is 0 Å². The monoisotopic (exact) mass is 451 g/mol. The molecule has 8 heteroatoms. The topological polar surface area (TPSA) is 93.7 Å². The van der Waals surface area contributed by atoms with Gasteiger partial charge in [0.25, 0.3) is 5.91 Å². The number of aliphatic hydroxyl groups excluding tert-OH is 1. The van der Waals surface area contributed by atoms with Crippen molar-refractivity contribution in [1.82, 2.24) is 14.9 Å². The van der Waals surface area contributed by atoms with Crippen molar-refractivity contribution in [2.75, 3.05) is 43.0 Å². The van der Waals surface area contributed by atoms with E-state index < -0.39 is 5.60 Å². The molecule has 3 heterocycles. The number of aliphatic hydroxyl groups is 1. The lowest BCUT2D eigenvalue weighted by atomic mass is 10.1. The van der Waals surface area contributed by atoms with Gasteiger partial charge in [-0.25, -0.2) is 4.98 Å². The van der Waals surface area contributed by atoms with Crippen molar-refractivity contribution in [3.8, 4) is 5.75 Å². The molecule has 2 aromatic heterocycles. The smallest absolute Gasteiger partial charge is 0.270 e. The molecule has 1 saturated heterocycles. The van der Waals surface area contributed by atoms with Gasteiger partial charge in [-0.05, 0) is 64.1 Å². The number of hydrogen-bond donors (Lipinski definition) is 3. The van der Waals surface area contributed by atoms with Crippen molar-refractivity contribution in [1.29, 1.82) is 0 Å². The van der Waals surface area contributed by atoms with Gasteiger partial charge in [0.05, 0.1) is 12.3 Å². The van der Waals surface area contributed by atoms with Crippen LogP contribution in [0.4, 0.5) is 11.5 Å². The fourth-order valence-electron chi connectivity index (χ4n) is 4.01. The third-order valence-electron chi connectivity index (χ3n) is 5.69. The van der Waals surface area contributed by atoms with Gasteiger partial charge in [-0.1, -0.05) is 0 Å². The molecule has 8 nitrogen and oxygen atoms in total. The molecule has 0 atom stereocenters. The Hall–Kier alpha value is -3.26. The minimum Gasteiger partial charge on any atom is -0.485 e. The zero-order valence-electron chi connectivity index (χ0n) is 19.8. The lowest BCUT2D eigenvalue weighted by molar-refractivity contribution is 0.0414. The highest BCUT2D eigenvalue weighted by Crippen LogP contribution is 2.27. The molecular weight excluding hydrogens is 418 g/mol. The van der Waals surface area contributed by atoms with Crippen LogP contribution in [0.3, 0.4) is 0 Å². The summed E-state index contributed by atoms with van der Waals surface area (Å²) in [6.45, 7) is 10.5. The molecule has 4 rings (SSSR count). The number of H-pyrrole nitrogens is 1. The Bertz CT molecular complexity index is 1120. The van der Waals surface area contributed by atoms with E-state index in [9.17, 15) is 9.90 Å². The van der Waals surface area contributed by atoms with Crippen LogP contribution < -0.4 is 15.0 Å². The van der Waals surface area contributed by atoms with Gasteiger partial charge in [0.2, 0.25) is 0 Å². The fourth-order valence-corrected chi connectivity index (χ4v) is 4.01. The van der Waals surface area contributed by atoms with E-state index in [1.807, 2.05) is 61.3 Å². The molecule has 1 fully saturated rings. The van der Waals surface area contributed by atoms with Gasteiger partial charge in [-0.2, -0.15) is 0 Å². The van der Waals surface area contributed by atoms with Crippen molar-refractivity contribution < 1.29 is 14.6 Å². The number of piperazine rings is 1. The van der Waals surface area contributed by atoms with E-state index >= 15 is 0 Å². The Labute approximate surface area is 194 Å². The predicted octanol–water partition coefficient (Wildman–Crippen LogP) is 3.50. The molecule has 1 aliphatic rings. The van der Waals surface area contributed by atoms with Crippen LogP contribution in [-0.2, 0) is 0 Å². The summed E-state index contributed by atoms with van der Waals surface area (Å²) in [6.07, 6.45) is 1.81. The second-order valence-corrected chi connectivity index (χ2v) is 9.40. The Morgan fingerprint density at radius 3 is 2.67 bits per heavy atom. The summed E-state index contributed by atoms with van der Waals surface area (Å²) in [5.74, 6) is 1.59. The number of rotatable bonds is 7. The molecule has 0 radical (unpaired) electrons. The number of fused-ring (bicyclic) bond motifs is 1. The van der Waals surface area contributed by atoms with E-state index in [0.29, 0.717) is 30.6 Å². The number of pyridine rings is 1. The molecule has 3 N–H and O–H groups in total.